The van der Waals surface area contributed by atoms with Gasteiger partial charge in [-0.15, -0.1) is 9.56 Å². The molecule has 0 saturated carbocycles. The summed E-state index contributed by atoms with van der Waals surface area (Å²) in [6, 6.07) is 5.80. The van der Waals surface area contributed by atoms with Crippen LogP contribution in [0.5, 0.6) is 0 Å². The maximum absolute atomic E-state index is 12.2. The SMILES string of the molecule is C[Si](C)(C)C(Cl)=C=CCN(Cl)S(=O)(=O)c1ccc(Cl)cc1. The Morgan fingerprint density at radius 2 is 1.81 bits per heavy atom. The predicted molar refractivity (Wildman–Crippen MR) is 92.0 cm³/mol. The molecule has 21 heavy (non-hydrogen) atoms. The highest BCUT2D eigenvalue weighted by molar-refractivity contribution is 7.90. The van der Waals surface area contributed by atoms with E-state index in [1.54, 1.807) is 0 Å². The van der Waals surface area contributed by atoms with Crippen molar-refractivity contribution in [1.29, 1.82) is 0 Å². The number of hydrogen-bond donors (Lipinski definition) is 0. The Kier molecular flexibility index (Phi) is 6.56. The second kappa shape index (κ2) is 7.33. The minimum absolute atomic E-state index is 0.0206. The summed E-state index contributed by atoms with van der Waals surface area (Å²) < 4.78 is 25.7. The van der Waals surface area contributed by atoms with Gasteiger partial charge in [0.1, 0.15) is 8.07 Å². The maximum Gasteiger partial charge on any atom is 0.256 e. The van der Waals surface area contributed by atoms with E-state index >= 15 is 0 Å². The van der Waals surface area contributed by atoms with Crippen LogP contribution >= 0.6 is 35.0 Å². The first-order valence-corrected chi connectivity index (χ1v) is 12.1. The first-order valence-electron chi connectivity index (χ1n) is 6.10. The summed E-state index contributed by atoms with van der Waals surface area (Å²) in [5.41, 5.74) is 2.89. The molecule has 0 spiro atoms. The van der Waals surface area contributed by atoms with Crippen LogP contribution in [0.25, 0.3) is 0 Å². The van der Waals surface area contributed by atoms with Gasteiger partial charge in [0.15, 0.2) is 0 Å². The quantitative estimate of drug-likeness (QED) is 0.421. The molecule has 116 valence electrons. The molecule has 0 N–H and O–H groups in total. The van der Waals surface area contributed by atoms with Gasteiger partial charge in [-0.2, -0.15) is 0 Å². The second-order valence-corrected chi connectivity index (χ2v) is 13.9. The van der Waals surface area contributed by atoms with Gasteiger partial charge in [0, 0.05) is 9.68 Å². The van der Waals surface area contributed by atoms with Crippen LogP contribution in [0.15, 0.2) is 45.6 Å². The fourth-order valence-corrected chi connectivity index (χ4v) is 3.27. The molecule has 0 amide bonds. The number of rotatable bonds is 5. The van der Waals surface area contributed by atoms with Crippen molar-refractivity contribution < 1.29 is 8.42 Å². The second-order valence-electron chi connectivity index (χ2n) is 5.34. The minimum atomic E-state index is -3.76. The molecule has 0 heterocycles. The molecule has 8 heteroatoms. The summed E-state index contributed by atoms with van der Waals surface area (Å²) in [6.45, 7) is 6.19. The van der Waals surface area contributed by atoms with Crippen LogP contribution in [0, 0.1) is 0 Å². The van der Waals surface area contributed by atoms with Crippen molar-refractivity contribution in [1.82, 2.24) is 3.82 Å². The van der Waals surface area contributed by atoms with Crippen LogP contribution < -0.4 is 0 Å². The molecule has 1 rings (SSSR count). The van der Waals surface area contributed by atoms with E-state index in [2.05, 4.69) is 25.4 Å². The molecule has 0 aromatic heterocycles. The molecule has 3 nitrogen and oxygen atoms in total. The summed E-state index contributed by atoms with van der Waals surface area (Å²) in [7, 11) is -5.40. The Bertz CT molecular complexity index is 660. The lowest BCUT2D eigenvalue weighted by Gasteiger charge is -2.13. The Morgan fingerprint density at radius 1 is 1.29 bits per heavy atom. The lowest BCUT2D eigenvalue weighted by atomic mass is 10.4. The van der Waals surface area contributed by atoms with Crippen molar-refractivity contribution in [2.75, 3.05) is 6.54 Å². The first kappa shape index (κ1) is 18.8. The van der Waals surface area contributed by atoms with E-state index in [0.717, 1.165) is 3.82 Å². The van der Waals surface area contributed by atoms with Crippen molar-refractivity contribution in [3.8, 4) is 0 Å². The Balaban J connectivity index is 2.91. The molecule has 1 aromatic rings. The smallest absolute Gasteiger partial charge is 0.206 e. The number of nitrogens with zero attached hydrogens (tertiary/aromatic N) is 1. The molecular weight excluding hydrogens is 369 g/mol. The van der Waals surface area contributed by atoms with Crippen molar-refractivity contribution in [2.24, 2.45) is 0 Å². The fourth-order valence-electron chi connectivity index (χ4n) is 1.24. The highest BCUT2D eigenvalue weighted by atomic mass is 35.5. The van der Waals surface area contributed by atoms with E-state index < -0.39 is 18.1 Å². The third-order valence-corrected chi connectivity index (χ3v) is 8.24. The van der Waals surface area contributed by atoms with Crippen molar-refractivity contribution in [3.63, 3.8) is 0 Å². The van der Waals surface area contributed by atoms with E-state index in [9.17, 15) is 8.42 Å². The molecule has 0 fully saturated rings. The normalized spacial score (nSPS) is 12.1. The molecule has 1 aromatic carbocycles. The molecule has 0 bridgehead atoms. The molecule has 0 aliphatic heterocycles. The zero-order chi connectivity index (χ0) is 16.3. The Hall–Kier alpha value is -0.263. The average Bonchev–Trinajstić information content (AvgIpc) is 2.37. The van der Waals surface area contributed by atoms with E-state index in [-0.39, 0.29) is 11.4 Å². The fraction of sp³-hybridized carbons (Fsp3) is 0.308. The number of hydrogen-bond acceptors (Lipinski definition) is 2. The molecule has 0 aliphatic carbocycles. The lowest BCUT2D eigenvalue weighted by molar-refractivity contribution is 0.551. The van der Waals surface area contributed by atoms with Gasteiger partial charge in [-0.3, -0.25) is 0 Å². The van der Waals surface area contributed by atoms with Gasteiger partial charge in [0.2, 0.25) is 0 Å². The van der Waals surface area contributed by atoms with Gasteiger partial charge in [-0.1, -0.05) is 42.8 Å². The van der Waals surface area contributed by atoms with Gasteiger partial charge in [0.05, 0.1) is 11.4 Å². The molecular formula is C13H16Cl3NO2SSi. The summed E-state index contributed by atoms with van der Waals surface area (Å²) >= 11 is 17.7. The number of benzene rings is 1. The predicted octanol–water partition coefficient (Wildman–Crippen LogP) is 4.64. The molecule has 0 radical (unpaired) electrons. The van der Waals surface area contributed by atoms with Gasteiger partial charge in [0.25, 0.3) is 10.0 Å². The average molecular weight is 385 g/mol. The first-order chi connectivity index (χ1) is 9.55. The molecule has 0 atom stereocenters. The molecule has 0 saturated heterocycles. The molecule has 0 aliphatic rings. The van der Waals surface area contributed by atoms with Crippen LogP contribution in [0.4, 0.5) is 0 Å². The summed E-state index contributed by atoms with van der Waals surface area (Å²) in [5, 5.41) is 0.458. The Morgan fingerprint density at radius 3 is 2.29 bits per heavy atom. The van der Waals surface area contributed by atoms with Crippen LogP contribution in [-0.4, -0.2) is 26.9 Å². The summed E-state index contributed by atoms with van der Waals surface area (Å²) in [4.78, 5) is 0.0792. The minimum Gasteiger partial charge on any atom is -0.206 e. The largest absolute Gasteiger partial charge is 0.256 e. The van der Waals surface area contributed by atoms with E-state index in [0.29, 0.717) is 9.68 Å². The maximum atomic E-state index is 12.2. The Labute approximate surface area is 142 Å². The zero-order valence-corrected chi connectivity index (χ0v) is 16.0. The van der Waals surface area contributed by atoms with E-state index in [4.69, 9.17) is 35.0 Å². The van der Waals surface area contributed by atoms with Crippen LogP contribution in [0.1, 0.15) is 0 Å². The lowest BCUT2D eigenvalue weighted by Crippen LogP contribution is -2.22. The highest BCUT2D eigenvalue weighted by Crippen LogP contribution is 2.20. The number of halogens is 3. The van der Waals surface area contributed by atoms with Crippen LogP contribution in [0.2, 0.25) is 24.7 Å². The third-order valence-electron chi connectivity index (χ3n) is 2.49. The monoisotopic (exact) mass is 383 g/mol. The van der Waals surface area contributed by atoms with Crippen molar-refractivity contribution in [2.45, 2.75) is 24.5 Å². The van der Waals surface area contributed by atoms with Gasteiger partial charge in [-0.05, 0) is 42.1 Å². The van der Waals surface area contributed by atoms with E-state index in [1.165, 1.54) is 30.3 Å². The summed E-state index contributed by atoms with van der Waals surface area (Å²) in [6.07, 6.45) is 1.51. The molecule has 0 unspecified atom stereocenters. The van der Waals surface area contributed by atoms with Crippen LogP contribution in [0.3, 0.4) is 0 Å². The third kappa shape index (κ3) is 5.46. The zero-order valence-electron chi connectivity index (χ0n) is 11.9. The topological polar surface area (TPSA) is 37.4 Å². The van der Waals surface area contributed by atoms with Gasteiger partial charge >= 0.3 is 0 Å². The number of sulfonamides is 1. The summed E-state index contributed by atoms with van der Waals surface area (Å²) in [5.74, 6) is 0. The van der Waals surface area contributed by atoms with Gasteiger partial charge < -0.3 is 0 Å². The standard InChI is InChI=1S/C13H16Cl3NO2SSi/c1-21(2,3)13(15)5-4-10-17(16)20(18,19)12-8-6-11(14)7-9-12/h4,6-9H,10H2,1-3H3. The van der Waals surface area contributed by atoms with Crippen molar-refractivity contribution in [3.05, 3.63) is 45.8 Å². The van der Waals surface area contributed by atoms with Crippen molar-refractivity contribution >= 4 is 53.1 Å². The van der Waals surface area contributed by atoms with Crippen LogP contribution in [-0.2, 0) is 10.0 Å². The van der Waals surface area contributed by atoms with E-state index in [1.807, 2.05) is 0 Å². The highest BCUT2D eigenvalue weighted by Gasteiger charge is 2.22. The van der Waals surface area contributed by atoms with Gasteiger partial charge in [-0.25, -0.2) is 8.42 Å².